The van der Waals surface area contributed by atoms with E-state index >= 15 is 0 Å². The molecule has 0 saturated heterocycles. The van der Waals surface area contributed by atoms with Gasteiger partial charge in [0, 0.05) is 13.1 Å². The molecule has 3 atom stereocenters. The van der Waals surface area contributed by atoms with Crippen molar-refractivity contribution in [3.05, 3.63) is 0 Å². The van der Waals surface area contributed by atoms with Crippen molar-refractivity contribution in [1.29, 1.82) is 0 Å². The second-order valence-electron chi connectivity index (χ2n) is 5.53. The van der Waals surface area contributed by atoms with Crippen LogP contribution in [0.25, 0.3) is 0 Å². The second kappa shape index (κ2) is 5.59. The molecule has 0 aromatic rings. The van der Waals surface area contributed by atoms with Crippen molar-refractivity contribution in [2.24, 2.45) is 17.8 Å². The lowest BCUT2D eigenvalue weighted by Crippen LogP contribution is -2.44. The Balaban J connectivity index is 1.75. The monoisotopic (exact) mass is 254 g/mol. The third-order valence-corrected chi connectivity index (χ3v) is 4.40. The Labute approximate surface area is 108 Å². The van der Waals surface area contributed by atoms with Gasteiger partial charge in [-0.15, -0.1) is 0 Å². The van der Waals surface area contributed by atoms with Crippen LogP contribution in [0.4, 0.5) is 4.79 Å². The van der Waals surface area contributed by atoms with E-state index < -0.39 is 5.97 Å². The summed E-state index contributed by atoms with van der Waals surface area (Å²) >= 11 is 0. The number of amides is 2. The van der Waals surface area contributed by atoms with Crippen LogP contribution in [0.5, 0.6) is 0 Å². The molecule has 102 valence electrons. The summed E-state index contributed by atoms with van der Waals surface area (Å²) in [5.41, 5.74) is 0. The molecule has 2 amide bonds. The molecule has 2 saturated carbocycles. The zero-order valence-corrected chi connectivity index (χ0v) is 10.9. The number of hydrogen-bond acceptors (Lipinski definition) is 2. The number of nitrogens with one attached hydrogen (secondary N) is 1. The molecule has 0 radical (unpaired) electrons. The fourth-order valence-electron chi connectivity index (χ4n) is 3.45. The first kappa shape index (κ1) is 13.2. The van der Waals surface area contributed by atoms with Gasteiger partial charge in [-0.3, -0.25) is 4.79 Å². The van der Waals surface area contributed by atoms with Gasteiger partial charge in [0.15, 0.2) is 0 Å². The molecule has 0 heterocycles. The van der Waals surface area contributed by atoms with Gasteiger partial charge in [0.2, 0.25) is 0 Å². The summed E-state index contributed by atoms with van der Waals surface area (Å²) in [6.45, 7) is 2.70. The first-order valence-electron chi connectivity index (χ1n) is 6.84. The Kier molecular flexibility index (Phi) is 4.09. The number of aliphatic carboxylic acids is 1. The molecule has 2 aliphatic carbocycles. The number of fused-ring (bicyclic) bond motifs is 2. The molecule has 0 aromatic carbocycles. The molecular weight excluding hydrogens is 232 g/mol. The van der Waals surface area contributed by atoms with E-state index in [1.807, 2.05) is 0 Å². The molecule has 0 aliphatic heterocycles. The molecule has 18 heavy (non-hydrogen) atoms. The number of nitrogens with zero attached hydrogens (tertiary/aromatic N) is 1. The number of hydrogen-bond donors (Lipinski definition) is 2. The lowest BCUT2D eigenvalue weighted by atomic mass is 9.89. The Morgan fingerprint density at radius 1 is 1.33 bits per heavy atom. The number of carbonyl (C=O) groups is 2. The Hall–Kier alpha value is -1.26. The molecule has 2 fully saturated rings. The van der Waals surface area contributed by atoms with Gasteiger partial charge >= 0.3 is 12.0 Å². The van der Waals surface area contributed by atoms with Gasteiger partial charge in [0.05, 0.1) is 0 Å². The highest BCUT2D eigenvalue weighted by molar-refractivity contribution is 5.80. The van der Waals surface area contributed by atoms with Crippen LogP contribution in [0.15, 0.2) is 0 Å². The van der Waals surface area contributed by atoms with Crippen molar-refractivity contribution < 1.29 is 14.7 Å². The van der Waals surface area contributed by atoms with Gasteiger partial charge in [-0.25, -0.2) is 4.79 Å². The Morgan fingerprint density at radius 2 is 2.11 bits per heavy atom. The molecule has 5 heteroatoms. The maximum absolute atomic E-state index is 11.8. The number of urea groups is 1. The SMILES string of the molecule is CCN(CC(=O)O)C(=O)NCC1CC2CCC1C2. The third kappa shape index (κ3) is 2.94. The van der Waals surface area contributed by atoms with Crippen molar-refractivity contribution in [3.8, 4) is 0 Å². The van der Waals surface area contributed by atoms with E-state index in [1.165, 1.54) is 30.6 Å². The van der Waals surface area contributed by atoms with E-state index in [9.17, 15) is 9.59 Å². The highest BCUT2D eigenvalue weighted by Gasteiger charge is 2.39. The molecule has 2 aliphatic rings. The zero-order valence-electron chi connectivity index (χ0n) is 10.9. The molecular formula is C13H22N2O3. The normalized spacial score (nSPS) is 29.3. The van der Waals surface area contributed by atoms with Gasteiger partial charge in [-0.05, 0) is 43.9 Å². The van der Waals surface area contributed by atoms with E-state index in [-0.39, 0.29) is 12.6 Å². The van der Waals surface area contributed by atoms with Gasteiger partial charge in [0.25, 0.3) is 0 Å². The predicted molar refractivity (Wildman–Crippen MR) is 67.2 cm³/mol. The largest absolute Gasteiger partial charge is 0.480 e. The first-order chi connectivity index (χ1) is 8.60. The van der Waals surface area contributed by atoms with E-state index in [0.29, 0.717) is 19.0 Å². The second-order valence-corrected chi connectivity index (χ2v) is 5.53. The molecule has 2 bridgehead atoms. The maximum Gasteiger partial charge on any atom is 0.323 e. The van der Waals surface area contributed by atoms with Gasteiger partial charge in [-0.2, -0.15) is 0 Å². The minimum Gasteiger partial charge on any atom is -0.480 e. The third-order valence-electron chi connectivity index (χ3n) is 4.40. The smallest absolute Gasteiger partial charge is 0.323 e. The fourth-order valence-corrected chi connectivity index (χ4v) is 3.45. The van der Waals surface area contributed by atoms with Crippen LogP contribution in [0.2, 0.25) is 0 Å². The van der Waals surface area contributed by atoms with Crippen LogP contribution in [0.3, 0.4) is 0 Å². The van der Waals surface area contributed by atoms with Crippen LogP contribution >= 0.6 is 0 Å². The molecule has 0 aromatic heterocycles. The topological polar surface area (TPSA) is 69.6 Å². The average molecular weight is 254 g/mol. The quantitative estimate of drug-likeness (QED) is 0.782. The van der Waals surface area contributed by atoms with E-state index in [1.54, 1.807) is 6.92 Å². The molecule has 5 nitrogen and oxygen atoms in total. The number of carboxylic acid groups (broad SMARTS) is 1. The Morgan fingerprint density at radius 3 is 2.61 bits per heavy atom. The van der Waals surface area contributed by atoms with E-state index in [0.717, 1.165) is 11.8 Å². The highest BCUT2D eigenvalue weighted by Crippen LogP contribution is 2.47. The zero-order chi connectivity index (χ0) is 13.1. The summed E-state index contributed by atoms with van der Waals surface area (Å²) in [5, 5.41) is 11.6. The van der Waals surface area contributed by atoms with Crippen LogP contribution in [-0.2, 0) is 4.79 Å². The van der Waals surface area contributed by atoms with Crippen molar-refractivity contribution in [2.75, 3.05) is 19.6 Å². The number of carboxylic acids is 1. The Bertz CT molecular complexity index is 332. The average Bonchev–Trinajstić information content (AvgIpc) is 2.94. The summed E-state index contributed by atoms with van der Waals surface area (Å²) in [7, 11) is 0. The maximum atomic E-state index is 11.8. The summed E-state index contributed by atoms with van der Waals surface area (Å²) in [5.74, 6) is 1.30. The first-order valence-corrected chi connectivity index (χ1v) is 6.84. The van der Waals surface area contributed by atoms with Crippen molar-refractivity contribution >= 4 is 12.0 Å². The van der Waals surface area contributed by atoms with Gasteiger partial charge in [-0.1, -0.05) is 6.42 Å². The molecule has 2 N–H and O–H groups in total. The minimum atomic E-state index is -0.966. The van der Waals surface area contributed by atoms with Crippen molar-refractivity contribution in [2.45, 2.75) is 32.6 Å². The van der Waals surface area contributed by atoms with Gasteiger partial charge in [0.1, 0.15) is 6.54 Å². The van der Waals surface area contributed by atoms with E-state index in [4.69, 9.17) is 5.11 Å². The van der Waals surface area contributed by atoms with Crippen molar-refractivity contribution in [3.63, 3.8) is 0 Å². The standard InChI is InChI=1S/C13H22N2O3/c1-2-15(8-12(16)17)13(18)14-7-11-6-9-3-4-10(11)5-9/h9-11H,2-8H2,1H3,(H,14,18)(H,16,17). The van der Waals surface area contributed by atoms with E-state index in [2.05, 4.69) is 5.32 Å². The van der Waals surface area contributed by atoms with Crippen LogP contribution < -0.4 is 5.32 Å². The van der Waals surface area contributed by atoms with Crippen LogP contribution in [0, 0.1) is 17.8 Å². The fraction of sp³-hybridized carbons (Fsp3) is 0.846. The molecule has 0 spiro atoms. The predicted octanol–water partition coefficient (Wildman–Crippen LogP) is 1.54. The summed E-state index contributed by atoms with van der Waals surface area (Å²) in [4.78, 5) is 23.8. The van der Waals surface area contributed by atoms with Gasteiger partial charge < -0.3 is 15.3 Å². The van der Waals surface area contributed by atoms with Crippen molar-refractivity contribution in [1.82, 2.24) is 10.2 Å². The lowest BCUT2D eigenvalue weighted by molar-refractivity contribution is -0.137. The number of carbonyl (C=O) groups excluding carboxylic acids is 1. The highest BCUT2D eigenvalue weighted by atomic mass is 16.4. The summed E-state index contributed by atoms with van der Waals surface area (Å²) in [6.07, 6.45) is 5.22. The molecule has 3 unspecified atom stereocenters. The minimum absolute atomic E-state index is 0.223. The lowest BCUT2D eigenvalue weighted by Gasteiger charge is -2.24. The number of likely N-dealkylation sites (N-methyl/N-ethyl adjacent to an activating group) is 1. The van der Waals surface area contributed by atoms with Crippen LogP contribution in [-0.4, -0.2) is 41.6 Å². The number of rotatable bonds is 5. The van der Waals surface area contributed by atoms with Crippen LogP contribution in [0.1, 0.15) is 32.6 Å². The summed E-state index contributed by atoms with van der Waals surface area (Å²) in [6, 6.07) is -0.248. The molecule has 2 rings (SSSR count). The summed E-state index contributed by atoms with van der Waals surface area (Å²) < 4.78 is 0.